The first kappa shape index (κ1) is 12.2. The molecule has 0 radical (unpaired) electrons. The quantitative estimate of drug-likeness (QED) is 0.743. The van der Waals surface area contributed by atoms with E-state index in [-0.39, 0.29) is 18.7 Å². The molecule has 1 aromatic rings. The van der Waals surface area contributed by atoms with Crippen molar-refractivity contribution in [1.82, 2.24) is 5.32 Å². The number of hydrogen-bond donors (Lipinski definition) is 2. The molecule has 0 spiro atoms. The van der Waals surface area contributed by atoms with E-state index < -0.39 is 0 Å². The second kappa shape index (κ2) is 6.56. The fourth-order valence-corrected chi connectivity index (χ4v) is 1.55. The lowest BCUT2D eigenvalue weighted by atomic mass is 10.1. The molecule has 2 unspecified atom stereocenters. The van der Waals surface area contributed by atoms with Gasteiger partial charge in [-0.15, -0.1) is 0 Å². The van der Waals surface area contributed by atoms with E-state index in [1.165, 1.54) is 5.56 Å². The molecule has 0 aliphatic carbocycles. The number of hydrogen-bond acceptors (Lipinski definition) is 3. The van der Waals surface area contributed by atoms with Crippen molar-refractivity contribution in [1.29, 1.82) is 0 Å². The van der Waals surface area contributed by atoms with Gasteiger partial charge in [0.2, 0.25) is 0 Å². The van der Waals surface area contributed by atoms with Crippen LogP contribution in [0.25, 0.3) is 0 Å². The predicted octanol–water partition coefficient (Wildman–Crippen LogP) is 1.34. The average Bonchev–Trinajstić information content (AvgIpc) is 2.29. The van der Waals surface area contributed by atoms with Gasteiger partial charge in [-0.2, -0.15) is 0 Å². The predicted molar refractivity (Wildman–Crippen MR) is 60.7 cm³/mol. The SMILES string of the molecule is COCC(CO)NC(C)c1ccccc1. The van der Waals surface area contributed by atoms with Gasteiger partial charge in [0.25, 0.3) is 0 Å². The van der Waals surface area contributed by atoms with Crippen molar-refractivity contribution in [3.8, 4) is 0 Å². The topological polar surface area (TPSA) is 41.5 Å². The third-order valence-electron chi connectivity index (χ3n) is 2.37. The van der Waals surface area contributed by atoms with Crippen molar-refractivity contribution in [2.24, 2.45) is 0 Å². The van der Waals surface area contributed by atoms with Crippen LogP contribution in [0.1, 0.15) is 18.5 Å². The fourth-order valence-electron chi connectivity index (χ4n) is 1.55. The zero-order chi connectivity index (χ0) is 11.1. The molecule has 0 saturated carbocycles. The van der Waals surface area contributed by atoms with Gasteiger partial charge in [0.15, 0.2) is 0 Å². The Morgan fingerprint density at radius 2 is 2.00 bits per heavy atom. The number of benzene rings is 1. The summed E-state index contributed by atoms with van der Waals surface area (Å²) in [5, 5.41) is 12.4. The van der Waals surface area contributed by atoms with Crippen LogP contribution in [0.2, 0.25) is 0 Å². The number of nitrogens with one attached hydrogen (secondary N) is 1. The smallest absolute Gasteiger partial charge is 0.0638 e. The Labute approximate surface area is 91.1 Å². The monoisotopic (exact) mass is 209 g/mol. The maximum Gasteiger partial charge on any atom is 0.0638 e. The first-order valence-corrected chi connectivity index (χ1v) is 5.18. The molecule has 3 heteroatoms. The highest BCUT2D eigenvalue weighted by atomic mass is 16.5. The highest BCUT2D eigenvalue weighted by Gasteiger charge is 2.11. The highest BCUT2D eigenvalue weighted by molar-refractivity contribution is 5.18. The Morgan fingerprint density at radius 1 is 1.33 bits per heavy atom. The van der Waals surface area contributed by atoms with Crippen molar-refractivity contribution in [3.05, 3.63) is 35.9 Å². The van der Waals surface area contributed by atoms with Crippen LogP contribution in [-0.4, -0.2) is 31.5 Å². The second-order valence-electron chi connectivity index (χ2n) is 3.63. The van der Waals surface area contributed by atoms with Gasteiger partial charge in [0.1, 0.15) is 0 Å². The molecule has 0 aliphatic heterocycles. The van der Waals surface area contributed by atoms with Crippen LogP contribution in [0.4, 0.5) is 0 Å². The molecule has 0 aromatic heterocycles. The maximum absolute atomic E-state index is 9.11. The van der Waals surface area contributed by atoms with Crippen LogP contribution >= 0.6 is 0 Å². The number of ether oxygens (including phenoxy) is 1. The molecular formula is C12H19NO2. The molecule has 0 heterocycles. The molecule has 0 amide bonds. The molecule has 15 heavy (non-hydrogen) atoms. The Hall–Kier alpha value is -0.900. The lowest BCUT2D eigenvalue weighted by Gasteiger charge is -2.21. The lowest BCUT2D eigenvalue weighted by molar-refractivity contribution is 0.123. The zero-order valence-corrected chi connectivity index (χ0v) is 9.31. The van der Waals surface area contributed by atoms with E-state index in [0.717, 1.165) is 0 Å². The normalized spacial score (nSPS) is 14.9. The zero-order valence-electron chi connectivity index (χ0n) is 9.31. The lowest BCUT2D eigenvalue weighted by Crippen LogP contribution is -2.38. The first-order valence-electron chi connectivity index (χ1n) is 5.18. The Morgan fingerprint density at radius 3 is 2.53 bits per heavy atom. The van der Waals surface area contributed by atoms with Gasteiger partial charge in [-0.05, 0) is 12.5 Å². The van der Waals surface area contributed by atoms with E-state index in [1.54, 1.807) is 7.11 Å². The second-order valence-corrected chi connectivity index (χ2v) is 3.63. The summed E-state index contributed by atoms with van der Waals surface area (Å²) in [5.74, 6) is 0. The molecule has 3 nitrogen and oxygen atoms in total. The van der Waals surface area contributed by atoms with Crippen LogP contribution in [-0.2, 0) is 4.74 Å². The van der Waals surface area contributed by atoms with E-state index in [1.807, 2.05) is 18.2 Å². The molecule has 0 fully saturated rings. The van der Waals surface area contributed by atoms with Crippen molar-refractivity contribution in [3.63, 3.8) is 0 Å². The minimum Gasteiger partial charge on any atom is -0.395 e. The summed E-state index contributed by atoms with van der Waals surface area (Å²) in [6, 6.07) is 10.4. The molecule has 2 atom stereocenters. The molecule has 1 rings (SSSR count). The molecule has 84 valence electrons. The summed E-state index contributed by atoms with van der Waals surface area (Å²) in [5.41, 5.74) is 1.21. The van der Waals surface area contributed by atoms with Crippen LogP contribution in [0.5, 0.6) is 0 Å². The van der Waals surface area contributed by atoms with E-state index in [4.69, 9.17) is 9.84 Å². The van der Waals surface area contributed by atoms with Gasteiger partial charge in [-0.25, -0.2) is 0 Å². The van der Waals surface area contributed by atoms with Crippen molar-refractivity contribution >= 4 is 0 Å². The Balaban J connectivity index is 2.50. The van der Waals surface area contributed by atoms with E-state index >= 15 is 0 Å². The summed E-state index contributed by atoms with van der Waals surface area (Å²) in [6.07, 6.45) is 0. The summed E-state index contributed by atoms with van der Waals surface area (Å²) >= 11 is 0. The third kappa shape index (κ3) is 4.00. The van der Waals surface area contributed by atoms with Crippen LogP contribution in [0.3, 0.4) is 0 Å². The third-order valence-corrected chi connectivity index (χ3v) is 2.37. The van der Waals surface area contributed by atoms with Gasteiger partial charge in [0.05, 0.1) is 19.3 Å². The molecular weight excluding hydrogens is 190 g/mol. The first-order chi connectivity index (χ1) is 7.27. The summed E-state index contributed by atoms with van der Waals surface area (Å²) in [7, 11) is 1.64. The van der Waals surface area contributed by atoms with Crippen molar-refractivity contribution in [2.45, 2.75) is 19.0 Å². The summed E-state index contributed by atoms with van der Waals surface area (Å²) < 4.78 is 5.01. The number of aliphatic hydroxyl groups is 1. The number of rotatable bonds is 6. The van der Waals surface area contributed by atoms with Gasteiger partial charge in [-0.1, -0.05) is 30.3 Å². The standard InChI is InChI=1S/C12H19NO2/c1-10(11-6-4-3-5-7-11)13-12(8-14)9-15-2/h3-7,10,12-14H,8-9H2,1-2H3. The molecule has 0 saturated heterocycles. The largest absolute Gasteiger partial charge is 0.395 e. The highest BCUT2D eigenvalue weighted by Crippen LogP contribution is 2.11. The van der Waals surface area contributed by atoms with Crippen molar-refractivity contribution < 1.29 is 9.84 Å². The van der Waals surface area contributed by atoms with E-state index in [2.05, 4.69) is 24.4 Å². The minimum atomic E-state index is -0.00907. The molecule has 1 aromatic carbocycles. The maximum atomic E-state index is 9.11. The Kier molecular flexibility index (Phi) is 5.32. The Bertz CT molecular complexity index is 264. The van der Waals surface area contributed by atoms with Crippen LogP contribution in [0, 0.1) is 0 Å². The van der Waals surface area contributed by atoms with E-state index in [9.17, 15) is 0 Å². The minimum absolute atomic E-state index is 0.00907. The molecule has 0 aliphatic rings. The average molecular weight is 209 g/mol. The van der Waals surface area contributed by atoms with Crippen LogP contribution in [0.15, 0.2) is 30.3 Å². The molecule has 0 bridgehead atoms. The number of methoxy groups -OCH3 is 1. The summed E-state index contributed by atoms with van der Waals surface area (Å²) in [6.45, 7) is 2.69. The fraction of sp³-hybridized carbons (Fsp3) is 0.500. The van der Waals surface area contributed by atoms with Crippen molar-refractivity contribution in [2.75, 3.05) is 20.3 Å². The molecule has 2 N–H and O–H groups in total. The van der Waals surface area contributed by atoms with Gasteiger partial charge < -0.3 is 15.2 Å². The van der Waals surface area contributed by atoms with Gasteiger partial charge in [0, 0.05) is 13.2 Å². The van der Waals surface area contributed by atoms with Crippen LogP contribution < -0.4 is 5.32 Å². The van der Waals surface area contributed by atoms with Gasteiger partial charge in [-0.3, -0.25) is 0 Å². The van der Waals surface area contributed by atoms with E-state index in [0.29, 0.717) is 6.61 Å². The summed E-state index contributed by atoms with van der Waals surface area (Å²) in [4.78, 5) is 0. The number of aliphatic hydroxyl groups excluding tert-OH is 1. The van der Waals surface area contributed by atoms with Gasteiger partial charge >= 0.3 is 0 Å².